The summed E-state index contributed by atoms with van der Waals surface area (Å²) in [7, 11) is -4.16. The molecule has 7 heteroatoms. The molecule has 1 aromatic carbocycles. The van der Waals surface area contributed by atoms with E-state index in [-0.39, 0.29) is 10.8 Å². The Morgan fingerprint density at radius 1 is 1.28 bits per heavy atom. The van der Waals surface area contributed by atoms with Crippen molar-refractivity contribution in [2.45, 2.75) is 11.8 Å². The van der Waals surface area contributed by atoms with E-state index in [1.54, 1.807) is 12.4 Å². The summed E-state index contributed by atoms with van der Waals surface area (Å²) in [5, 5.41) is 2.47. The van der Waals surface area contributed by atoms with Crippen molar-refractivity contribution in [2.24, 2.45) is 4.99 Å². The van der Waals surface area contributed by atoms with Gasteiger partial charge in [-0.15, -0.1) is 0 Å². The average molecular weight is 268 g/mol. The molecule has 1 aliphatic rings. The highest BCUT2D eigenvalue weighted by atomic mass is 32.2. The van der Waals surface area contributed by atoms with Crippen molar-refractivity contribution in [3.8, 4) is 0 Å². The molecule has 6 nitrogen and oxygen atoms in total. The number of anilines is 1. The van der Waals surface area contributed by atoms with Crippen LogP contribution in [0.2, 0.25) is 0 Å². The fourth-order valence-corrected chi connectivity index (χ4v) is 1.48. The second-order valence-electron chi connectivity index (χ2n) is 3.32. The summed E-state index contributed by atoms with van der Waals surface area (Å²) in [6.07, 6.45) is 5.39. The predicted molar refractivity (Wildman–Crippen MR) is 68.2 cm³/mol. The minimum atomic E-state index is -4.16. The number of amides is 1. The van der Waals surface area contributed by atoms with Crippen LogP contribution in [0.5, 0.6) is 0 Å². The van der Waals surface area contributed by atoms with Crippen molar-refractivity contribution in [3.63, 3.8) is 0 Å². The lowest BCUT2D eigenvalue weighted by Crippen LogP contribution is -2.06. The Morgan fingerprint density at radius 3 is 2.00 bits per heavy atom. The van der Waals surface area contributed by atoms with Gasteiger partial charge in [-0.25, -0.2) is 0 Å². The van der Waals surface area contributed by atoms with Gasteiger partial charge >= 0.3 is 0 Å². The molecule has 0 bridgehead atoms. The highest BCUT2D eigenvalue weighted by Gasteiger charge is 2.08. The van der Waals surface area contributed by atoms with Crippen LogP contribution in [0.3, 0.4) is 0 Å². The van der Waals surface area contributed by atoms with Gasteiger partial charge in [-0.3, -0.25) is 14.3 Å². The number of carbonyl (C=O) groups is 1. The Hall–Kier alpha value is -1.99. The van der Waals surface area contributed by atoms with Crippen LogP contribution in [0.15, 0.2) is 46.4 Å². The van der Waals surface area contributed by atoms with Crippen molar-refractivity contribution in [1.29, 1.82) is 0 Å². The number of nitrogens with one attached hydrogen (secondary N) is 1. The molecule has 0 spiro atoms. The van der Waals surface area contributed by atoms with E-state index in [2.05, 4.69) is 10.3 Å². The maximum Gasteiger partial charge on any atom is 0.294 e. The van der Waals surface area contributed by atoms with E-state index in [1.165, 1.54) is 31.2 Å². The Morgan fingerprint density at radius 2 is 1.72 bits per heavy atom. The zero-order chi connectivity index (χ0) is 13.6. The number of benzene rings is 1. The van der Waals surface area contributed by atoms with Gasteiger partial charge in [-0.1, -0.05) is 0 Å². The van der Waals surface area contributed by atoms with E-state index in [4.69, 9.17) is 4.55 Å². The van der Waals surface area contributed by atoms with Crippen LogP contribution in [-0.4, -0.2) is 25.1 Å². The van der Waals surface area contributed by atoms with Crippen LogP contribution in [0.4, 0.5) is 5.69 Å². The summed E-state index contributed by atoms with van der Waals surface area (Å²) in [5.74, 6) is -0.246. The molecular formula is C11H12N2O4S. The number of carbonyl (C=O) groups excluding carboxylic acids is 1. The van der Waals surface area contributed by atoms with Gasteiger partial charge in [0.2, 0.25) is 5.91 Å². The van der Waals surface area contributed by atoms with E-state index in [1.807, 2.05) is 6.08 Å². The highest BCUT2D eigenvalue weighted by molar-refractivity contribution is 7.85. The molecule has 1 aliphatic heterocycles. The number of rotatable bonds is 2. The van der Waals surface area contributed by atoms with E-state index in [0.29, 0.717) is 5.69 Å². The fourth-order valence-electron chi connectivity index (χ4n) is 1.000. The van der Waals surface area contributed by atoms with Crippen LogP contribution in [-0.2, 0) is 14.9 Å². The quantitative estimate of drug-likeness (QED) is 0.794. The summed E-state index contributed by atoms with van der Waals surface area (Å²) in [5.41, 5.74) is 0.477. The molecule has 0 aliphatic carbocycles. The number of aliphatic imine (C=N–C) groups is 1. The molecule has 2 rings (SSSR count). The number of nitrogens with zero attached hydrogens (tertiary/aromatic N) is 1. The van der Waals surface area contributed by atoms with E-state index in [9.17, 15) is 13.2 Å². The van der Waals surface area contributed by atoms with E-state index >= 15 is 0 Å². The molecule has 18 heavy (non-hydrogen) atoms. The summed E-state index contributed by atoms with van der Waals surface area (Å²) < 4.78 is 29.9. The molecule has 2 N–H and O–H groups in total. The molecule has 1 aromatic rings. The van der Waals surface area contributed by atoms with Crippen molar-refractivity contribution in [3.05, 3.63) is 36.5 Å². The lowest BCUT2D eigenvalue weighted by Gasteiger charge is -2.01. The molecule has 96 valence electrons. The molecule has 0 atom stereocenters. The lowest BCUT2D eigenvalue weighted by molar-refractivity contribution is -0.114. The first kappa shape index (κ1) is 14.1. The molecule has 0 unspecified atom stereocenters. The van der Waals surface area contributed by atoms with Gasteiger partial charge in [0.25, 0.3) is 10.1 Å². The average Bonchev–Trinajstić information content (AvgIpc) is 2.13. The van der Waals surface area contributed by atoms with Crippen molar-refractivity contribution >= 4 is 27.9 Å². The van der Waals surface area contributed by atoms with Gasteiger partial charge in [-0.05, 0) is 30.3 Å². The number of hydrogen-bond donors (Lipinski definition) is 2. The largest absolute Gasteiger partial charge is 0.326 e. The van der Waals surface area contributed by atoms with Crippen LogP contribution in [0, 0.1) is 0 Å². The zero-order valence-electron chi connectivity index (χ0n) is 9.57. The molecule has 1 amide bonds. The number of allylic oxidation sites excluding steroid dienone is 1. The van der Waals surface area contributed by atoms with E-state index in [0.717, 1.165) is 0 Å². The van der Waals surface area contributed by atoms with Gasteiger partial charge in [-0.2, -0.15) is 8.42 Å². The standard InChI is InChI=1S/C8H9NO4S.C3H3N/c1-6(10)9-7-2-4-8(5-3-7)14(11,12)13;1-2-4-3-1/h2-5H,1H3,(H,9,10)(H,11,12,13);1-3H. The molecule has 0 saturated carbocycles. The monoisotopic (exact) mass is 268 g/mol. The molecule has 0 saturated heterocycles. The topological polar surface area (TPSA) is 95.8 Å². The second-order valence-corrected chi connectivity index (χ2v) is 4.74. The third-order valence-corrected chi connectivity index (χ3v) is 2.68. The number of hydrogen-bond acceptors (Lipinski definition) is 4. The Labute approximate surface area is 105 Å². The van der Waals surface area contributed by atoms with E-state index < -0.39 is 10.1 Å². The lowest BCUT2D eigenvalue weighted by atomic mass is 10.3. The summed E-state index contributed by atoms with van der Waals surface area (Å²) in [4.78, 5) is 14.0. The van der Waals surface area contributed by atoms with Gasteiger partial charge in [0, 0.05) is 25.0 Å². The zero-order valence-corrected chi connectivity index (χ0v) is 10.4. The van der Waals surface area contributed by atoms with Crippen molar-refractivity contribution in [1.82, 2.24) is 0 Å². The first-order valence-corrected chi connectivity index (χ1v) is 6.37. The van der Waals surface area contributed by atoms with Crippen LogP contribution >= 0.6 is 0 Å². The smallest absolute Gasteiger partial charge is 0.294 e. The second kappa shape index (κ2) is 6.08. The maximum absolute atomic E-state index is 10.6. The minimum Gasteiger partial charge on any atom is -0.326 e. The maximum atomic E-state index is 10.6. The van der Waals surface area contributed by atoms with Gasteiger partial charge < -0.3 is 5.32 Å². The predicted octanol–water partition coefficient (Wildman–Crippen LogP) is 1.48. The Bertz CT molecular complexity index is 556. The molecule has 0 fully saturated rings. The van der Waals surface area contributed by atoms with Gasteiger partial charge in [0.1, 0.15) is 0 Å². The first-order valence-electron chi connectivity index (χ1n) is 4.93. The fraction of sp³-hybridized carbons (Fsp3) is 0.0909. The van der Waals surface area contributed by atoms with Crippen molar-refractivity contribution < 1.29 is 17.8 Å². The summed E-state index contributed by atoms with van der Waals surface area (Å²) in [6, 6.07) is 5.20. The first-order chi connectivity index (χ1) is 8.39. The Kier molecular flexibility index (Phi) is 4.75. The Balaban J connectivity index is 0.000000341. The van der Waals surface area contributed by atoms with Crippen LogP contribution in [0.1, 0.15) is 6.92 Å². The van der Waals surface area contributed by atoms with Gasteiger partial charge in [0.05, 0.1) is 4.90 Å². The summed E-state index contributed by atoms with van der Waals surface area (Å²) in [6.45, 7) is 1.34. The highest BCUT2D eigenvalue weighted by Crippen LogP contribution is 2.13. The summed E-state index contributed by atoms with van der Waals surface area (Å²) >= 11 is 0. The molecule has 0 radical (unpaired) electrons. The van der Waals surface area contributed by atoms with Crippen molar-refractivity contribution in [2.75, 3.05) is 5.32 Å². The molecular weight excluding hydrogens is 256 g/mol. The van der Waals surface area contributed by atoms with Crippen LogP contribution < -0.4 is 5.32 Å². The third-order valence-electron chi connectivity index (χ3n) is 1.82. The third kappa shape index (κ3) is 4.89. The SMILES string of the molecule is C1=CN=C1.CC(=O)Nc1ccc(S(=O)(=O)O)cc1. The molecule has 1 heterocycles. The molecule has 0 aromatic heterocycles. The van der Waals surface area contributed by atoms with Crippen LogP contribution in [0.25, 0.3) is 0 Å². The minimum absolute atomic E-state index is 0.202. The normalized spacial score (nSPS) is 12.1. The van der Waals surface area contributed by atoms with Gasteiger partial charge in [0.15, 0.2) is 0 Å².